The number of nitrogens with two attached hydrogens (primary N) is 3. The van der Waals surface area contributed by atoms with Crippen LogP contribution in [-0.2, 0) is 20.8 Å². The Morgan fingerprint density at radius 3 is 2.38 bits per heavy atom. The average Bonchev–Trinajstić information content (AvgIpc) is 2.68. The molecule has 0 unspecified atom stereocenters. The lowest BCUT2D eigenvalue weighted by Gasteiger charge is -2.23. The second-order valence-electron chi connectivity index (χ2n) is 6.72. The van der Waals surface area contributed by atoms with Crippen molar-refractivity contribution in [2.45, 2.75) is 50.4 Å². The monoisotopic (exact) mass is 406 g/mol. The molecule has 1 aromatic rings. The van der Waals surface area contributed by atoms with Crippen LogP contribution in [-0.4, -0.2) is 59.9 Å². The molecule has 0 radical (unpaired) electrons. The van der Waals surface area contributed by atoms with E-state index in [0.29, 0.717) is 25.7 Å². The molecular weight excluding hydrogens is 376 g/mol. The molecule has 2 amide bonds. The predicted molar refractivity (Wildman–Crippen MR) is 110 cm³/mol. The van der Waals surface area contributed by atoms with Crippen LogP contribution in [0.3, 0.4) is 0 Å². The summed E-state index contributed by atoms with van der Waals surface area (Å²) in [6, 6.07) is 6.19. The van der Waals surface area contributed by atoms with Crippen LogP contribution in [0.2, 0.25) is 0 Å². The number of aliphatic hydroxyl groups is 1. The number of rotatable bonds is 12. The third-order valence-corrected chi connectivity index (χ3v) is 4.20. The number of aliphatic hydroxyl groups excluding tert-OH is 1. The van der Waals surface area contributed by atoms with Gasteiger partial charge in [0.05, 0.1) is 12.1 Å². The van der Waals surface area contributed by atoms with E-state index in [0.717, 1.165) is 5.56 Å². The van der Waals surface area contributed by atoms with Gasteiger partial charge in [-0.15, -0.1) is 0 Å². The molecule has 0 aliphatic rings. The smallest absolute Gasteiger partial charge is 0.243 e. The first-order valence-electron chi connectivity index (χ1n) is 9.33. The number of hydrogen-bond acceptors (Lipinski definition) is 6. The van der Waals surface area contributed by atoms with Gasteiger partial charge in [-0.05, 0) is 25.3 Å². The van der Waals surface area contributed by atoms with Gasteiger partial charge in [-0.3, -0.25) is 14.6 Å². The third-order valence-electron chi connectivity index (χ3n) is 4.20. The summed E-state index contributed by atoms with van der Waals surface area (Å²) in [7, 11) is 0. The number of aldehydes is 1. The Bertz CT molecular complexity index is 691. The number of aliphatic imine (C=N–C) groups is 1. The molecule has 0 saturated heterocycles. The maximum absolute atomic E-state index is 12.6. The Hall–Kier alpha value is -2.98. The van der Waals surface area contributed by atoms with Crippen molar-refractivity contribution in [1.29, 1.82) is 0 Å². The third kappa shape index (κ3) is 9.17. The first-order chi connectivity index (χ1) is 13.7. The van der Waals surface area contributed by atoms with Crippen molar-refractivity contribution in [2.75, 3.05) is 6.54 Å². The highest BCUT2D eigenvalue weighted by Crippen LogP contribution is 2.05. The summed E-state index contributed by atoms with van der Waals surface area (Å²) in [4.78, 5) is 40.0. The first-order valence-corrected chi connectivity index (χ1v) is 9.33. The molecule has 0 aliphatic carbocycles. The van der Waals surface area contributed by atoms with E-state index in [9.17, 15) is 19.5 Å². The molecule has 29 heavy (non-hydrogen) atoms. The molecule has 10 nitrogen and oxygen atoms in total. The zero-order valence-corrected chi connectivity index (χ0v) is 16.5. The van der Waals surface area contributed by atoms with Gasteiger partial charge in [0.25, 0.3) is 0 Å². The van der Waals surface area contributed by atoms with E-state index in [1.165, 1.54) is 6.92 Å². The van der Waals surface area contributed by atoms with E-state index >= 15 is 0 Å². The van der Waals surface area contributed by atoms with E-state index in [2.05, 4.69) is 15.6 Å². The summed E-state index contributed by atoms with van der Waals surface area (Å²) < 4.78 is 0. The van der Waals surface area contributed by atoms with Gasteiger partial charge in [-0.25, -0.2) is 0 Å². The van der Waals surface area contributed by atoms with Crippen molar-refractivity contribution in [3.05, 3.63) is 35.9 Å². The molecule has 0 saturated carbocycles. The maximum atomic E-state index is 12.6. The first kappa shape index (κ1) is 24.1. The number of guanidine groups is 1. The molecule has 4 atom stereocenters. The van der Waals surface area contributed by atoms with Crippen molar-refractivity contribution < 1.29 is 19.5 Å². The van der Waals surface area contributed by atoms with E-state index in [1.807, 2.05) is 30.3 Å². The lowest BCUT2D eigenvalue weighted by atomic mass is 10.0. The minimum absolute atomic E-state index is 0.0366. The van der Waals surface area contributed by atoms with Gasteiger partial charge in [0, 0.05) is 13.0 Å². The molecule has 1 aromatic carbocycles. The largest absolute Gasteiger partial charge is 0.391 e. The molecule has 0 bridgehead atoms. The maximum Gasteiger partial charge on any atom is 0.243 e. The van der Waals surface area contributed by atoms with Crippen molar-refractivity contribution in [1.82, 2.24) is 10.6 Å². The van der Waals surface area contributed by atoms with Crippen LogP contribution in [0.25, 0.3) is 0 Å². The Labute approximate surface area is 169 Å². The molecule has 160 valence electrons. The summed E-state index contributed by atoms with van der Waals surface area (Å²) in [5.41, 5.74) is 17.2. The fraction of sp³-hybridized carbons (Fsp3) is 0.474. The highest BCUT2D eigenvalue weighted by atomic mass is 16.3. The van der Waals surface area contributed by atoms with Crippen molar-refractivity contribution in [2.24, 2.45) is 22.2 Å². The zero-order valence-electron chi connectivity index (χ0n) is 16.5. The summed E-state index contributed by atoms with van der Waals surface area (Å²) in [6.45, 7) is 1.73. The van der Waals surface area contributed by atoms with Crippen LogP contribution >= 0.6 is 0 Å². The number of carbonyl (C=O) groups excluding carboxylic acids is 3. The molecule has 0 aromatic heterocycles. The zero-order chi connectivity index (χ0) is 21.8. The van der Waals surface area contributed by atoms with Crippen LogP contribution in [0.5, 0.6) is 0 Å². The molecule has 0 spiro atoms. The van der Waals surface area contributed by atoms with Gasteiger partial charge < -0.3 is 37.7 Å². The van der Waals surface area contributed by atoms with Crippen molar-refractivity contribution in [3.8, 4) is 0 Å². The Balaban J connectivity index is 2.79. The van der Waals surface area contributed by atoms with E-state index in [1.54, 1.807) is 0 Å². The Kier molecular flexibility index (Phi) is 10.3. The molecular formula is C19H30N6O4. The van der Waals surface area contributed by atoms with Crippen LogP contribution in [0.1, 0.15) is 25.3 Å². The number of carbonyl (C=O) groups is 3. The Morgan fingerprint density at radius 2 is 1.83 bits per heavy atom. The summed E-state index contributed by atoms with van der Waals surface area (Å²) in [5.74, 6) is -1.14. The van der Waals surface area contributed by atoms with E-state index < -0.39 is 36.0 Å². The normalized spacial score (nSPS) is 14.7. The number of hydrogen-bond donors (Lipinski definition) is 6. The van der Waals surface area contributed by atoms with Gasteiger partial charge in [0.2, 0.25) is 11.8 Å². The Morgan fingerprint density at radius 1 is 1.17 bits per heavy atom. The van der Waals surface area contributed by atoms with Crippen molar-refractivity contribution >= 4 is 24.1 Å². The number of benzene rings is 1. The summed E-state index contributed by atoms with van der Waals surface area (Å²) in [6.07, 6.45) is 0.399. The lowest BCUT2D eigenvalue weighted by molar-refractivity contribution is -0.131. The fourth-order valence-electron chi connectivity index (χ4n) is 2.52. The molecule has 0 fully saturated rings. The van der Waals surface area contributed by atoms with E-state index in [-0.39, 0.29) is 12.4 Å². The second-order valence-corrected chi connectivity index (χ2v) is 6.72. The quantitative estimate of drug-likeness (QED) is 0.102. The highest BCUT2D eigenvalue weighted by Gasteiger charge is 2.27. The summed E-state index contributed by atoms with van der Waals surface area (Å²) >= 11 is 0. The molecule has 0 heterocycles. The van der Waals surface area contributed by atoms with Gasteiger partial charge >= 0.3 is 0 Å². The van der Waals surface area contributed by atoms with Crippen LogP contribution < -0.4 is 27.8 Å². The topological polar surface area (TPSA) is 186 Å². The molecule has 9 N–H and O–H groups in total. The second kappa shape index (κ2) is 12.5. The average molecular weight is 406 g/mol. The SMILES string of the molecule is C[C@H](O)[C@@H](C=O)NC(=O)[C@H](Cc1ccccc1)NC(=O)[C@@H](N)CCCN=C(N)N. The highest BCUT2D eigenvalue weighted by molar-refractivity contribution is 5.91. The predicted octanol–water partition coefficient (Wildman–Crippen LogP) is -1.84. The fourth-order valence-corrected chi connectivity index (χ4v) is 2.52. The minimum atomic E-state index is -1.08. The molecule has 10 heteroatoms. The van der Waals surface area contributed by atoms with Crippen LogP contribution in [0, 0.1) is 0 Å². The molecule has 0 aliphatic heterocycles. The lowest BCUT2D eigenvalue weighted by Crippen LogP contribution is -2.55. The van der Waals surface area contributed by atoms with Gasteiger partial charge in [-0.1, -0.05) is 30.3 Å². The number of nitrogens with zero attached hydrogens (tertiary/aromatic N) is 1. The van der Waals surface area contributed by atoms with Gasteiger partial charge in [0.15, 0.2) is 5.96 Å². The van der Waals surface area contributed by atoms with Gasteiger partial charge in [-0.2, -0.15) is 0 Å². The van der Waals surface area contributed by atoms with Gasteiger partial charge in [0.1, 0.15) is 18.4 Å². The standard InChI is InChI=1S/C19H30N6O4/c1-12(27)16(11-26)25-18(29)15(10-13-6-3-2-4-7-13)24-17(28)14(20)8-5-9-23-19(21)22/h2-4,6-7,11-12,14-16,27H,5,8-10,20H2,1H3,(H,24,28)(H,25,29)(H4,21,22,23)/t12-,14-,15-,16+/m0/s1. The van der Waals surface area contributed by atoms with Crippen LogP contribution in [0.15, 0.2) is 35.3 Å². The minimum Gasteiger partial charge on any atom is -0.391 e. The number of nitrogens with one attached hydrogen (secondary N) is 2. The summed E-state index contributed by atoms with van der Waals surface area (Å²) in [5, 5.41) is 14.6. The molecule has 1 rings (SSSR count). The van der Waals surface area contributed by atoms with E-state index in [4.69, 9.17) is 17.2 Å². The van der Waals surface area contributed by atoms with Crippen molar-refractivity contribution in [3.63, 3.8) is 0 Å². The number of amides is 2. The van der Waals surface area contributed by atoms with Crippen LogP contribution in [0.4, 0.5) is 0 Å².